The smallest absolute Gasteiger partial charge is 0.140 e. The largest absolute Gasteiger partial charge is 0.495 e. The van der Waals surface area contributed by atoms with Crippen LogP contribution in [0.25, 0.3) is 6.08 Å². The van der Waals surface area contributed by atoms with Crippen LogP contribution in [0.2, 0.25) is 0 Å². The van der Waals surface area contributed by atoms with Gasteiger partial charge in [0.15, 0.2) is 0 Å². The normalized spacial score (nSPS) is 19.5. The SMILES string of the molecule is COC1=CC=CC(C=Cc2ccccc2)C1=N. The van der Waals surface area contributed by atoms with Crippen molar-refractivity contribution in [3.8, 4) is 0 Å². The molecular formula is C15H15NO. The summed E-state index contributed by atoms with van der Waals surface area (Å²) in [7, 11) is 1.59. The summed E-state index contributed by atoms with van der Waals surface area (Å²) < 4.78 is 5.14. The summed E-state index contributed by atoms with van der Waals surface area (Å²) >= 11 is 0. The maximum Gasteiger partial charge on any atom is 0.140 e. The number of hydrogen-bond donors (Lipinski definition) is 1. The van der Waals surface area contributed by atoms with E-state index in [1.807, 2.05) is 60.7 Å². The Morgan fingerprint density at radius 1 is 1.24 bits per heavy atom. The fourth-order valence-corrected chi connectivity index (χ4v) is 1.73. The minimum atomic E-state index is -0.00449. The Kier molecular flexibility index (Phi) is 3.55. The van der Waals surface area contributed by atoms with Gasteiger partial charge in [-0.1, -0.05) is 54.6 Å². The van der Waals surface area contributed by atoms with Crippen molar-refractivity contribution in [3.63, 3.8) is 0 Å². The molecule has 1 N–H and O–H groups in total. The van der Waals surface area contributed by atoms with Gasteiger partial charge in [-0.15, -0.1) is 0 Å². The first-order chi connectivity index (χ1) is 8.31. The summed E-state index contributed by atoms with van der Waals surface area (Å²) in [4.78, 5) is 0. The number of ether oxygens (including phenoxy) is 1. The number of rotatable bonds is 3. The zero-order valence-corrected chi connectivity index (χ0v) is 9.76. The quantitative estimate of drug-likeness (QED) is 0.839. The van der Waals surface area contributed by atoms with Crippen LogP contribution in [-0.4, -0.2) is 12.8 Å². The summed E-state index contributed by atoms with van der Waals surface area (Å²) in [5, 5.41) is 7.97. The topological polar surface area (TPSA) is 33.1 Å². The highest BCUT2D eigenvalue weighted by Crippen LogP contribution is 2.18. The Labute approximate surface area is 101 Å². The summed E-state index contributed by atoms with van der Waals surface area (Å²) in [6.07, 6.45) is 9.78. The van der Waals surface area contributed by atoms with Gasteiger partial charge in [-0.05, 0) is 11.6 Å². The molecule has 2 heteroatoms. The van der Waals surface area contributed by atoms with E-state index in [-0.39, 0.29) is 5.92 Å². The van der Waals surface area contributed by atoms with Crippen LogP contribution in [0.1, 0.15) is 5.56 Å². The van der Waals surface area contributed by atoms with Gasteiger partial charge in [0.25, 0.3) is 0 Å². The molecule has 0 aromatic heterocycles. The molecule has 0 spiro atoms. The lowest BCUT2D eigenvalue weighted by Crippen LogP contribution is -2.15. The molecule has 86 valence electrons. The van der Waals surface area contributed by atoms with Crippen LogP contribution in [0.3, 0.4) is 0 Å². The molecule has 0 saturated carbocycles. The third-order valence-electron chi connectivity index (χ3n) is 2.68. The van der Waals surface area contributed by atoms with Crippen LogP contribution >= 0.6 is 0 Å². The molecule has 0 radical (unpaired) electrons. The molecule has 0 amide bonds. The maximum absolute atomic E-state index is 7.97. The second-order valence-corrected chi connectivity index (χ2v) is 3.83. The molecule has 0 saturated heterocycles. The third kappa shape index (κ3) is 2.72. The Morgan fingerprint density at radius 2 is 2.00 bits per heavy atom. The average Bonchev–Trinajstić information content (AvgIpc) is 2.39. The van der Waals surface area contributed by atoms with Gasteiger partial charge in [-0.3, -0.25) is 0 Å². The lowest BCUT2D eigenvalue weighted by molar-refractivity contribution is 0.312. The molecule has 0 aliphatic heterocycles. The van der Waals surface area contributed by atoms with Crippen LogP contribution in [0.4, 0.5) is 0 Å². The van der Waals surface area contributed by atoms with Crippen molar-refractivity contribution in [2.24, 2.45) is 5.92 Å². The van der Waals surface area contributed by atoms with Crippen molar-refractivity contribution in [1.82, 2.24) is 0 Å². The second-order valence-electron chi connectivity index (χ2n) is 3.83. The van der Waals surface area contributed by atoms with E-state index >= 15 is 0 Å². The molecule has 0 bridgehead atoms. The predicted molar refractivity (Wildman–Crippen MR) is 70.9 cm³/mol. The molecule has 2 nitrogen and oxygen atoms in total. The molecule has 0 heterocycles. The van der Waals surface area contributed by atoms with Gasteiger partial charge >= 0.3 is 0 Å². The van der Waals surface area contributed by atoms with Crippen LogP contribution in [0.5, 0.6) is 0 Å². The van der Waals surface area contributed by atoms with Gasteiger partial charge in [0.1, 0.15) is 5.76 Å². The predicted octanol–water partition coefficient (Wildman–Crippen LogP) is 3.44. The standard InChI is InChI=1S/C15H15NO/c1-17-14-9-5-8-13(15(14)16)11-10-12-6-3-2-4-7-12/h2-11,13,16H,1H3. The van der Waals surface area contributed by atoms with E-state index in [1.165, 1.54) is 0 Å². The molecule has 1 aliphatic rings. The fourth-order valence-electron chi connectivity index (χ4n) is 1.73. The van der Waals surface area contributed by atoms with Gasteiger partial charge < -0.3 is 10.1 Å². The Morgan fingerprint density at radius 3 is 2.71 bits per heavy atom. The van der Waals surface area contributed by atoms with Gasteiger partial charge in [0, 0.05) is 5.92 Å². The molecule has 0 fully saturated rings. The minimum Gasteiger partial charge on any atom is -0.495 e. The summed E-state index contributed by atoms with van der Waals surface area (Å²) in [6, 6.07) is 10.1. The Hall–Kier alpha value is -2.09. The summed E-state index contributed by atoms with van der Waals surface area (Å²) in [5.41, 5.74) is 1.64. The second kappa shape index (κ2) is 5.30. The first-order valence-corrected chi connectivity index (χ1v) is 5.56. The van der Waals surface area contributed by atoms with E-state index < -0.39 is 0 Å². The lowest BCUT2D eigenvalue weighted by Gasteiger charge is -2.15. The van der Waals surface area contributed by atoms with Crippen molar-refractivity contribution in [2.45, 2.75) is 0 Å². The lowest BCUT2D eigenvalue weighted by atomic mass is 9.96. The minimum absolute atomic E-state index is 0.00449. The first-order valence-electron chi connectivity index (χ1n) is 5.56. The van der Waals surface area contributed by atoms with Crippen molar-refractivity contribution in [3.05, 3.63) is 66.0 Å². The van der Waals surface area contributed by atoms with Gasteiger partial charge in [0.05, 0.1) is 12.8 Å². The zero-order valence-electron chi connectivity index (χ0n) is 9.76. The van der Waals surface area contributed by atoms with Gasteiger partial charge in [0.2, 0.25) is 0 Å². The molecule has 1 aromatic carbocycles. The maximum atomic E-state index is 7.97. The molecule has 1 aliphatic carbocycles. The van der Waals surface area contributed by atoms with Gasteiger partial charge in [-0.2, -0.15) is 0 Å². The van der Waals surface area contributed by atoms with Crippen molar-refractivity contribution in [1.29, 1.82) is 5.41 Å². The highest BCUT2D eigenvalue weighted by molar-refractivity contribution is 6.01. The third-order valence-corrected chi connectivity index (χ3v) is 2.68. The molecule has 1 atom stereocenters. The molecule has 17 heavy (non-hydrogen) atoms. The van der Waals surface area contributed by atoms with Crippen molar-refractivity contribution < 1.29 is 4.74 Å². The van der Waals surface area contributed by atoms with Gasteiger partial charge in [-0.25, -0.2) is 0 Å². The molecular weight excluding hydrogens is 210 g/mol. The Bertz CT molecular complexity index is 483. The molecule has 1 unspecified atom stereocenters. The van der Waals surface area contributed by atoms with E-state index in [9.17, 15) is 0 Å². The van der Waals surface area contributed by atoms with Crippen LogP contribution in [0, 0.1) is 11.3 Å². The number of allylic oxidation sites excluding steroid dienone is 5. The van der Waals surface area contributed by atoms with E-state index in [1.54, 1.807) is 7.11 Å². The van der Waals surface area contributed by atoms with E-state index in [0.29, 0.717) is 11.5 Å². The first kappa shape index (κ1) is 11.4. The number of benzene rings is 1. The highest BCUT2D eigenvalue weighted by Gasteiger charge is 2.15. The van der Waals surface area contributed by atoms with Crippen LogP contribution in [-0.2, 0) is 4.74 Å². The van der Waals surface area contributed by atoms with E-state index in [2.05, 4.69) is 0 Å². The van der Waals surface area contributed by atoms with E-state index in [4.69, 9.17) is 10.1 Å². The molecule has 1 aromatic rings. The number of nitrogens with one attached hydrogen (secondary N) is 1. The van der Waals surface area contributed by atoms with Crippen LogP contribution < -0.4 is 0 Å². The number of hydrogen-bond acceptors (Lipinski definition) is 2. The van der Waals surface area contributed by atoms with E-state index in [0.717, 1.165) is 5.56 Å². The van der Waals surface area contributed by atoms with Crippen molar-refractivity contribution >= 4 is 11.8 Å². The highest BCUT2D eigenvalue weighted by atomic mass is 16.5. The monoisotopic (exact) mass is 225 g/mol. The number of methoxy groups -OCH3 is 1. The molecule has 2 rings (SSSR count). The zero-order chi connectivity index (χ0) is 12.1. The Balaban J connectivity index is 2.11. The summed E-state index contributed by atoms with van der Waals surface area (Å²) in [5.74, 6) is 0.630. The van der Waals surface area contributed by atoms with Crippen LogP contribution in [0.15, 0.2) is 60.4 Å². The van der Waals surface area contributed by atoms with Crippen molar-refractivity contribution in [2.75, 3.05) is 7.11 Å². The summed E-state index contributed by atoms with van der Waals surface area (Å²) in [6.45, 7) is 0. The fraction of sp³-hybridized carbons (Fsp3) is 0.133. The average molecular weight is 225 g/mol.